The van der Waals surface area contributed by atoms with Gasteiger partial charge in [-0.3, -0.25) is 9.59 Å². The maximum Gasteiger partial charge on any atom is 0.326 e. The number of hydrogen-bond acceptors (Lipinski definition) is 3. The van der Waals surface area contributed by atoms with Gasteiger partial charge in [-0.25, -0.2) is 13.6 Å². The van der Waals surface area contributed by atoms with Gasteiger partial charge in [0.2, 0.25) is 5.91 Å². The number of hydrogen-bond donors (Lipinski definition) is 3. The van der Waals surface area contributed by atoms with Crippen molar-refractivity contribution in [1.29, 1.82) is 0 Å². The van der Waals surface area contributed by atoms with Gasteiger partial charge in [0.15, 0.2) is 0 Å². The molecule has 0 aliphatic carbocycles. The zero-order chi connectivity index (χ0) is 16.0. The van der Waals surface area contributed by atoms with Crippen molar-refractivity contribution in [3.05, 3.63) is 24.0 Å². The van der Waals surface area contributed by atoms with Crippen LogP contribution in [0.1, 0.15) is 23.3 Å². The van der Waals surface area contributed by atoms with Crippen LogP contribution in [0.25, 0.3) is 0 Å². The number of carbonyl (C=O) groups excluding carboxylic acids is 2. The first-order valence-electron chi connectivity index (χ1n) is 6.06. The van der Waals surface area contributed by atoms with E-state index < -0.39 is 36.8 Å². The SMILES string of the molecule is NC(=O)CCC(NC(=O)c1cccn1CC(F)F)C(=O)O. The molecule has 2 amide bonds. The van der Waals surface area contributed by atoms with E-state index in [1.54, 1.807) is 0 Å². The minimum atomic E-state index is -2.64. The third kappa shape index (κ3) is 5.21. The maximum absolute atomic E-state index is 12.3. The number of nitrogens with zero attached hydrogens (tertiary/aromatic N) is 1. The van der Waals surface area contributed by atoms with E-state index >= 15 is 0 Å². The normalized spacial score (nSPS) is 12.1. The molecule has 0 aliphatic heterocycles. The number of nitrogens with one attached hydrogen (secondary N) is 1. The van der Waals surface area contributed by atoms with Crippen molar-refractivity contribution in [2.45, 2.75) is 31.9 Å². The molecular weight excluding hydrogens is 288 g/mol. The first-order valence-corrected chi connectivity index (χ1v) is 6.06. The average Bonchev–Trinajstić information content (AvgIpc) is 2.80. The van der Waals surface area contributed by atoms with Crippen LogP contribution in [0.3, 0.4) is 0 Å². The Kier molecular flexibility index (Phi) is 5.82. The Morgan fingerprint density at radius 1 is 1.38 bits per heavy atom. The summed E-state index contributed by atoms with van der Waals surface area (Å²) < 4.78 is 25.7. The van der Waals surface area contributed by atoms with Gasteiger partial charge in [0.25, 0.3) is 12.3 Å². The van der Waals surface area contributed by atoms with E-state index in [2.05, 4.69) is 5.32 Å². The second-order valence-corrected chi connectivity index (χ2v) is 4.31. The molecule has 1 atom stereocenters. The Morgan fingerprint density at radius 2 is 2.05 bits per heavy atom. The highest BCUT2D eigenvalue weighted by atomic mass is 19.3. The molecular formula is C12H15F2N3O4. The number of rotatable bonds is 8. The van der Waals surface area contributed by atoms with E-state index in [9.17, 15) is 23.2 Å². The lowest BCUT2D eigenvalue weighted by Gasteiger charge is -2.15. The lowest BCUT2D eigenvalue weighted by Crippen LogP contribution is -2.42. The van der Waals surface area contributed by atoms with Crippen molar-refractivity contribution in [2.24, 2.45) is 5.73 Å². The number of primary amides is 1. The summed E-state index contributed by atoms with van der Waals surface area (Å²) in [4.78, 5) is 33.5. The smallest absolute Gasteiger partial charge is 0.326 e. The Balaban J connectivity index is 2.75. The molecule has 0 aliphatic rings. The van der Waals surface area contributed by atoms with Crippen LogP contribution in [0.4, 0.5) is 8.78 Å². The molecule has 9 heteroatoms. The highest BCUT2D eigenvalue weighted by molar-refractivity contribution is 5.95. The van der Waals surface area contributed by atoms with Crippen LogP contribution in [0.15, 0.2) is 18.3 Å². The molecule has 7 nitrogen and oxygen atoms in total. The fraction of sp³-hybridized carbons (Fsp3) is 0.417. The third-order valence-corrected chi connectivity index (χ3v) is 2.68. The summed E-state index contributed by atoms with van der Waals surface area (Å²) in [6, 6.07) is 1.38. The minimum absolute atomic E-state index is 0.0828. The Bertz CT molecular complexity index is 530. The summed E-state index contributed by atoms with van der Waals surface area (Å²) in [5.41, 5.74) is 4.83. The van der Waals surface area contributed by atoms with Gasteiger partial charge in [-0.15, -0.1) is 0 Å². The highest BCUT2D eigenvalue weighted by Crippen LogP contribution is 2.08. The number of nitrogens with two attached hydrogens (primary N) is 1. The Hall–Kier alpha value is -2.45. The van der Waals surface area contributed by atoms with Gasteiger partial charge in [0.05, 0.1) is 6.54 Å². The first-order chi connectivity index (χ1) is 9.81. The van der Waals surface area contributed by atoms with Gasteiger partial charge < -0.3 is 20.7 Å². The van der Waals surface area contributed by atoms with Gasteiger partial charge in [0.1, 0.15) is 11.7 Å². The van der Waals surface area contributed by atoms with Crippen molar-refractivity contribution in [2.75, 3.05) is 0 Å². The molecule has 0 radical (unpaired) electrons. The molecule has 0 fully saturated rings. The highest BCUT2D eigenvalue weighted by Gasteiger charge is 2.23. The van der Waals surface area contributed by atoms with Crippen molar-refractivity contribution in [3.8, 4) is 0 Å². The minimum Gasteiger partial charge on any atom is -0.480 e. The lowest BCUT2D eigenvalue weighted by atomic mass is 10.1. The first kappa shape index (κ1) is 16.6. The number of alkyl halides is 2. The zero-order valence-electron chi connectivity index (χ0n) is 11.0. The van der Waals surface area contributed by atoms with E-state index in [0.29, 0.717) is 0 Å². The van der Waals surface area contributed by atoms with Crippen LogP contribution < -0.4 is 11.1 Å². The predicted octanol–water partition coefficient (Wildman–Crippen LogP) is 0.202. The summed E-state index contributed by atoms with van der Waals surface area (Å²) in [5, 5.41) is 11.1. The van der Waals surface area contributed by atoms with Gasteiger partial charge in [-0.2, -0.15) is 0 Å². The topological polar surface area (TPSA) is 114 Å². The van der Waals surface area contributed by atoms with Crippen molar-refractivity contribution >= 4 is 17.8 Å². The quantitative estimate of drug-likeness (QED) is 0.636. The summed E-state index contributed by atoms with van der Waals surface area (Å²) in [6.07, 6.45) is -1.74. The number of aromatic nitrogens is 1. The molecule has 0 saturated carbocycles. The number of halogens is 2. The van der Waals surface area contributed by atoms with Crippen LogP contribution in [-0.2, 0) is 16.1 Å². The lowest BCUT2D eigenvalue weighted by molar-refractivity contribution is -0.139. The number of carboxylic acid groups (broad SMARTS) is 1. The zero-order valence-corrected chi connectivity index (χ0v) is 11.0. The summed E-state index contributed by atoms with van der Waals surface area (Å²) in [6.45, 7) is -0.672. The van der Waals surface area contributed by atoms with E-state index in [-0.39, 0.29) is 18.5 Å². The largest absolute Gasteiger partial charge is 0.480 e. The monoisotopic (exact) mass is 303 g/mol. The number of aliphatic carboxylic acids is 1. The maximum atomic E-state index is 12.3. The third-order valence-electron chi connectivity index (χ3n) is 2.68. The molecule has 1 heterocycles. The van der Waals surface area contributed by atoms with Crippen molar-refractivity contribution in [1.82, 2.24) is 9.88 Å². The molecule has 1 rings (SSSR count). The van der Waals surface area contributed by atoms with E-state index in [4.69, 9.17) is 10.8 Å². The van der Waals surface area contributed by atoms with Crippen LogP contribution in [0, 0.1) is 0 Å². The molecule has 1 unspecified atom stereocenters. The molecule has 0 bridgehead atoms. The second-order valence-electron chi connectivity index (χ2n) is 4.31. The van der Waals surface area contributed by atoms with Crippen LogP contribution >= 0.6 is 0 Å². The molecule has 116 valence electrons. The van der Waals surface area contributed by atoms with Crippen molar-refractivity contribution < 1.29 is 28.3 Å². The predicted molar refractivity (Wildman–Crippen MR) is 67.8 cm³/mol. The van der Waals surface area contributed by atoms with E-state index in [1.165, 1.54) is 18.3 Å². The molecule has 1 aromatic rings. The van der Waals surface area contributed by atoms with E-state index in [1.807, 2.05) is 0 Å². The average molecular weight is 303 g/mol. The molecule has 0 spiro atoms. The van der Waals surface area contributed by atoms with Gasteiger partial charge in [0, 0.05) is 12.6 Å². The molecule has 21 heavy (non-hydrogen) atoms. The number of amides is 2. The Labute approximate surface area is 118 Å². The second kappa shape index (κ2) is 7.36. The summed E-state index contributed by atoms with van der Waals surface area (Å²) in [7, 11) is 0. The van der Waals surface area contributed by atoms with Gasteiger partial charge >= 0.3 is 5.97 Å². The number of carboxylic acids is 1. The summed E-state index contributed by atoms with van der Waals surface area (Å²) >= 11 is 0. The Morgan fingerprint density at radius 3 is 2.57 bits per heavy atom. The summed E-state index contributed by atoms with van der Waals surface area (Å²) in [5.74, 6) is -2.84. The fourth-order valence-electron chi connectivity index (χ4n) is 1.70. The van der Waals surface area contributed by atoms with Crippen molar-refractivity contribution in [3.63, 3.8) is 0 Å². The molecule has 4 N–H and O–H groups in total. The number of carbonyl (C=O) groups is 3. The van der Waals surface area contributed by atoms with Gasteiger partial charge in [-0.05, 0) is 18.6 Å². The fourth-order valence-corrected chi connectivity index (χ4v) is 1.70. The molecule has 0 aromatic carbocycles. The van der Waals surface area contributed by atoms with Gasteiger partial charge in [-0.1, -0.05) is 0 Å². The van der Waals surface area contributed by atoms with Crippen LogP contribution in [0.2, 0.25) is 0 Å². The van der Waals surface area contributed by atoms with Crippen LogP contribution in [0.5, 0.6) is 0 Å². The van der Waals surface area contributed by atoms with E-state index in [0.717, 1.165) is 4.57 Å². The van der Waals surface area contributed by atoms with Crippen LogP contribution in [-0.4, -0.2) is 39.9 Å². The molecule has 1 aromatic heterocycles. The molecule has 0 saturated heterocycles. The standard InChI is InChI=1S/C12H15F2N3O4/c13-9(14)6-17-5-1-2-8(17)11(19)16-7(12(20)21)3-4-10(15)18/h1-2,5,7,9H,3-4,6H2,(H2,15,18)(H,16,19)(H,20,21).